The molecule has 0 aliphatic carbocycles. The van der Waals surface area contributed by atoms with Crippen molar-refractivity contribution in [1.29, 1.82) is 5.26 Å². The quantitative estimate of drug-likeness (QED) is 0.773. The number of benzene rings is 2. The normalized spacial score (nSPS) is 16.6. The maximum absolute atomic E-state index is 12.6. The van der Waals surface area contributed by atoms with E-state index in [1.54, 1.807) is 31.2 Å². The van der Waals surface area contributed by atoms with Gasteiger partial charge in [0.25, 0.3) is 0 Å². The van der Waals surface area contributed by atoms with Crippen LogP contribution < -0.4 is 4.72 Å². The summed E-state index contributed by atoms with van der Waals surface area (Å²) in [5.41, 5.74) is 1.21. The van der Waals surface area contributed by atoms with Crippen molar-refractivity contribution in [3.63, 3.8) is 0 Å². The molecule has 0 spiro atoms. The Bertz CT molecular complexity index is 1080. The highest BCUT2D eigenvalue weighted by Crippen LogP contribution is 2.23. The first-order valence-corrected chi connectivity index (χ1v) is 11.8. The highest BCUT2D eigenvalue weighted by atomic mass is 32.2. The molecule has 148 valence electrons. The fraction of sp³-hybridized carbons (Fsp3) is 0.316. The summed E-state index contributed by atoms with van der Waals surface area (Å²) in [5.74, 6) is 0. The second kappa shape index (κ2) is 8.01. The van der Waals surface area contributed by atoms with Crippen molar-refractivity contribution in [2.75, 3.05) is 13.1 Å². The zero-order chi connectivity index (χ0) is 20.4. The molecule has 1 aliphatic rings. The number of rotatable bonds is 6. The van der Waals surface area contributed by atoms with Crippen LogP contribution in [0.5, 0.6) is 0 Å². The number of nitriles is 1. The third-order valence-electron chi connectivity index (χ3n) is 4.71. The van der Waals surface area contributed by atoms with Gasteiger partial charge in [0.05, 0.1) is 21.4 Å². The molecule has 3 rings (SSSR count). The summed E-state index contributed by atoms with van der Waals surface area (Å²) in [5, 5.41) is 8.84. The molecule has 1 heterocycles. The highest BCUT2D eigenvalue weighted by Gasteiger charge is 2.27. The van der Waals surface area contributed by atoms with Crippen LogP contribution in [-0.4, -0.2) is 34.2 Å². The van der Waals surface area contributed by atoms with Gasteiger partial charge in [-0.15, -0.1) is 0 Å². The molecule has 9 heteroatoms. The number of nitrogens with zero attached hydrogens (tertiary/aromatic N) is 2. The van der Waals surface area contributed by atoms with Gasteiger partial charge >= 0.3 is 0 Å². The zero-order valence-electron chi connectivity index (χ0n) is 15.4. The monoisotopic (exact) mass is 419 g/mol. The van der Waals surface area contributed by atoms with Crippen molar-refractivity contribution >= 4 is 20.0 Å². The fourth-order valence-corrected chi connectivity index (χ4v) is 5.83. The average Bonchev–Trinajstić information content (AvgIpc) is 3.23. The molecule has 1 N–H and O–H groups in total. The van der Waals surface area contributed by atoms with Gasteiger partial charge in [-0.25, -0.2) is 21.6 Å². The first-order chi connectivity index (χ1) is 13.2. The molecule has 0 saturated carbocycles. The number of nitrogens with one attached hydrogen (secondary N) is 1. The van der Waals surface area contributed by atoms with Crippen LogP contribution in [0.2, 0.25) is 0 Å². The van der Waals surface area contributed by atoms with Crippen LogP contribution in [0.3, 0.4) is 0 Å². The number of hydrogen-bond acceptors (Lipinski definition) is 5. The Morgan fingerprint density at radius 1 is 0.929 bits per heavy atom. The third kappa shape index (κ3) is 4.25. The first-order valence-electron chi connectivity index (χ1n) is 8.87. The molecule has 0 radical (unpaired) electrons. The summed E-state index contributed by atoms with van der Waals surface area (Å²) >= 11 is 0. The van der Waals surface area contributed by atoms with Crippen LogP contribution >= 0.6 is 0 Å². The lowest BCUT2D eigenvalue weighted by Gasteiger charge is -2.17. The minimum absolute atomic E-state index is 0.00614. The Morgan fingerprint density at radius 2 is 1.46 bits per heavy atom. The summed E-state index contributed by atoms with van der Waals surface area (Å²) in [4.78, 5) is 0.0851. The van der Waals surface area contributed by atoms with Crippen molar-refractivity contribution in [2.24, 2.45) is 0 Å². The summed E-state index contributed by atoms with van der Waals surface area (Å²) in [6, 6.07) is 13.4. The van der Waals surface area contributed by atoms with Gasteiger partial charge in [0, 0.05) is 19.1 Å². The smallest absolute Gasteiger partial charge is 0.207 e. The molecule has 28 heavy (non-hydrogen) atoms. The molecule has 1 fully saturated rings. The molecule has 1 aliphatic heterocycles. The van der Waals surface area contributed by atoms with Gasteiger partial charge < -0.3 is 0 Å². The molecule has 1 atom stereocenters. The zero-order valence-corrected chi connectivity index (χ0v) is 17.0. The van der Waals surface area contributed by atoms with Crippen molar-refractivity contribution in [2.45, 2.75) is 35.6 Å². The maximum Gasteiger partial charge on any atom is 0.243 e. The molecule has 1 unspecified atom stereocenters. The van der Waals surface area contributed by atoms with Crippen molar-refractivity contribution in [1.82, 2.24) is 9.03 Å². The van der Waals surface area contributed by atoms with Crippen molar-refractivity contribution in [3.05, 3.63) is 59.7 Å². The largest absolute Gasteiger partial charge is 0.243 e. The molecule has 7 nitrogen and oxygen atoms in total. The summed E-state index contributed by atoms with van der Waals surface area (Å²) < 4.78 is 54.4. The van der Waals surface area contributed by atoms with Crippen LogP contribution in [0.4, 0.5) is 0 Å². The van der Waals surface area contributed by atoms with E-state index in [0.717, 1.165) is 18.4 Å². The van der Waals surface area contributed by atoms with Gasteiger partial charge in [0.15, 0.2) is 0 Å². The van der Waals surface area contributed by atoms with E-state index >= 15 is 0 Å². The van der Waals surface area contributed by atoms with Crippen LogP contribution in [-0.2, 0) is 20.0 Å². The fourth-order valence-electron chi connectivity index (χ4n) is 3.08. The molecule has 2 aromatic carbocycles. The maximum atomic E-state index is 12.6. The van der Waals surface area contributed by atoms with E-state index in [9.17, 15) is 16.8 Å². The van der Waals surface area contributed by atoms with E-state index < -0.39 is 26.1 Å². The van der Waals surface area contributed by atoms with E-state index in [1.165, 1.54) is 28.6 Å². The number of hydrogen-bond donors (Lipinski definition) is 1. The van der Waals surface area contributed by atoms with Crippen LogP contribution in [0.25, 0.3) is 0 Å². The molecule has 2 aromatic rings. The van der Waals surface area contributed by atoms with Gasteiger partial charge in [0.1, 0.15) is 0 Å². The lowest BCUT2D eigenvalue weighted by Crippen LogP contribution is -2.28. The number of sulfonamides is 2. The molecule has 1 saturated heterocycles. The lowest BCUT2D eigenvalue weighted by atomic mass is 10.1. The minimum atomic E-state index is -3.83. The predicted octanol–water partition coefficient (Wildman–Crippen LogP) is 2.38. The van der Waals surface area contributed by atoms with Gasteiger partial charge in [0.2, 0.25) is 20.0 Å². The topological polar surface area (TPSA) is 107 Å². The average molecular weight is 420 g/mol. The Labute approximate surface area is 165 Å². The molecule has 0 bridgehead atoms. The highest BCUT2D eigenvalue weighted by molar-refractivity contribution is 7.89. The first kappa shape index (κ1) is 20.5. The lowest BCUT2D eigenvalue weighted by molar-refractivity contribution is 0.477. The predicted molar refractivity (Wildman–Crippen MR) is 104 cm³/mol. The van der Waals surface area contributed by atoms with Crippen LogP contribution in [0.1, 0.15) is 36.9 Å². The van der Waals surface area contributed by atoms with E-state index in [4.69, 9.17) is 5.26 Å². The van der Waals surface area contributed by atoms with Gasteiger partial charge in [-0.05, 0) is 61.7 Å². The van der Waals surface area contributed by atoms with E-state index in [1.807, 2.05) is 6.07 Å². The van der Waals surface area contributed by atoms with Gasteiger partial charge in [-0.1, -0.05) is 12.1 Å². The summed E-state index contributed by atoms with van der Waals surface area (Å²) in [6.45, 7) is 2.68. The van der Waals surface area contributed by atoms with Crippen molar-refractivity contribution < 1.29 is 16.8 Å². The SMILES string of the molecule is CC(NS(=O)(=O)c1ccc(S(=O)(=O)N2CCCC2)cc1)c1ccc(C#N)cc1. The molecular weight excluding hydrogens is 398 g/mol. The third-order valence-corrected chi connectivity index (χ3v) is 8.18. The van der Waals surface area contributed by atoms with Crippen LogP contribution in [0, 0.1) is 11.3 Å². The Morgan fingerprint density at radius 3 is 2.00 bits per heavy atom. The Kier molecular flexibility index (Phi) is 5.86. The second-order valence-electron chi connectivity index (χ2n) is 6.66. The van der Waals surface area contributed by atoms with Gasteiger partial charge in [-0.3, -0.25) is 0 Å². The standard InChI is InChI=1S/C19H21N3O4S2/c1-15(17-6-4-16(14-20)5-7-17)21-27(23,24)18-8-10-19(11-9-18)28(25,26)22-12-2-3-13-22/h4-11,15,21H,2-3,12-13H2,1H3. The van der Waals surface area contributed by atoms with E-state index in [-0.39, 0.29) is 9.79 Å². The van der Waals surface area contributed by atoms with Crippen molar-refractivity contribution in [3.8, 4) is 6.07 Å². The Hall–Kier alpha value is -2.25. The van der Waals surface area contributed by atoms with Gasteiger partial charge in [-0.2, -0.15) is 9.57 Å². The minimum Gasteiger partial charge on any atom is -0.207 e. The van der Waals surface area contributed by atoms with E-state index in [2.05, 4.69) is 4.72 Å². The summed E-state index contributed by atoms with van der Waals surface area (Å²) in [6.07, 6.45) is 1.67. The molecule has 0 aromatic heterocycles. The Balaban J connectivity index is 1.77. The molecule has 0 amide bonds. The molecular formula is C19H21N3O4S2. The van der Waals surface area contributed by atoms with E-state index in [0.29, 0.717) is 18.7 Å². The van der Waals surface area contributed by atoms with Crippen LogP contribution in [0.15, 0.2) is 58.3 Å². The second-order valence-corrected chi connectivity index (χ2v) is 10.3. The summed E-state index contributed by atoms with van der Waals surface area (Å²) in [7, 11) is -7.41.